The Morgan fingerprint density at radius 2 is 1.42 bits per heavy atom. The first-order chi connectivity index (χ1) is 11.5. The normalized spacial score (nSPS) is 10.5. The third-order valence-corrected chi connectivity index (χ3v) is 3.45. The van der Waals surface area contributed by atoms with E-state index in [1.165, 1.54) is 13.8 Å². The van der Waals surface area contributed by atoms with Crippen molar-refractivity contribution in [1.29, 1.82) is 0 Å². The summed E-state index contributed by atoms with van der Waals surface area (Å²) in [6.07, 6.45) is 1.46. The van der Waals surface area contributed by atoms with Crippen LogP contribution >= 0.6 is 0 Å². The largest absolute Gasteiger partial charge is 0.489 e. The van der Waals surface area contributed by atoms with Crippen LogP contribution in [0.15, 0.2) is 24.3 Å². The van der Waals surface area contributed by atoms with Crippen molar-refractivity contribution in [2.24, 2.45) is 0 Å². The molecular weight excluding hydrogens is 308 g/mol. The van der Waals surface area contributed by atoms with Gasteiger partial charge in [-0.1, -0.05) is 37.6 Å². The molecule has 0 amide bonds. The molecule has 0 fully saturated rings. The Hall–Kier alpha value is -2.56. The summed E-state index contributed by atoms with van der Waals surface area (Å²) >= 11 is 0. The van der Waals surface area contributed by atoms with Gasteiger partial charge >= 0.3 is 11.9 Å². The van der Waals surface area contributed by atoms with Crippen LogP contribution in [0.2, 0.25) is 0 Å². The first-order valence-corrected chi connectivity index (χ1v) is 8.06. The van der Waals surface area contributed by atoms with Gasteiger partial charge in [-0.3, -0.25) is 9.59 Å². The molecule has 0 radical (unpaired) electrons. The second kappa shape index (κ2) is 7.81. The Bertz CT molecular complexity index is 699. The van der Waals surface area contributed by atoms with Gasteiger partial charge in [0.1, 0.15) is 5.75 Å². The van der Waals surface area contributed by atoms with E-state index in [4.69, 9.17) is 14.2 Å². The Morgan fingerprint density at radius 1 is 0.875 bits per heavy atom. The summed E-state index contributed by atoms with van der Waals surface area (Å²) in [6.45, 7) is 7.00. The quantitative estimate of drug-likeness (QED) is 0.591. The first kappa shape index (κ1) is 17.8. The molecule has 128 valence electrons. The third-order valence-electron chi connectivity index (χ3n) is 3.45. The summed E-state index contributed by atoms with van der Waals surface area (Å²) in [7, 11) is 0. The van der Waals surface area contributed by atoms with Gasteiger partial charge in [0.15, 0.2) is 11.5 Å². The number of carbonyl (C=O) groups excluding carboxylic acids is 2. The number of esters is 2. The molecule has 0 N–H and O–H groups in total. The van der Waals surface area contributed by atoms with E-state index >= 15 is 0 Å². The van der Waals surface area contributed by atoms with Crippen molar-refractivity contribution < 1.29 is 23.8 Å². The van der Waals surface area contributed by atoms with Gasteiger partial charge in [0.2, 0.25) is 0 Å². The van der Waals surface area contributed by atoms with Crippen molar-refractivity contribution in [2.75, 3.05) is 6.61 Å². The second-order valence-electron chi connectivity index (χ2n) is 5.38. The monoisotopic (exact) mass is 330 g/mol. The van der Waals surface area contributed by atoms with Gasteiger partial charge in [-0.05, 0) is 13.3 Å². The van der Waals surface area contributed by atoms with E-state index in [1.807, 2.05) is 38.1 Å². The molecule has 0 spiro atoms. The molecule has 0 unspecified atom stereocenters. The fourth-order valence-electron chi connectivity index (χ4n) is 2.68. The number of hydrogen-bond acceptors (Lipinski definition) is 5. The molecule has 0 aromatic heterocycles. The van der Waals surface area contributed by atoms with Gasteiger partial charge in [0.25, 0.3) is 0 Å². The predicted octanol–water partition coefficient (Wildman–Crippen LogP) is 4.04. The lowest BCUT2D eigenvalue weighted by atomic mass is 9.99. The second-order valence-corrected chi connectivity index (χ2v) is 5.38. The molecule has 0 heterocycles. The smallest absolute Gasteiger partial charge is 0.308 e. The zero-order valence-corrected chi connectivity index (χ0v) is 14.5. The first-order valence-electron chi connectivity index (χ1n) is 8.06. The van der Waals surface area contributed by atoms with E-state index in [-0.39, 0.29) is 0 Å². The molecule has 0 aliphatic rings. The molecule has 2 aromatic rings. The predicted molar refractivity (Wildman–Crippen MR) is 91.7 cm³/mol. The molecule has 0 aliphatic heterocycles. The molecular formula is C19H22O5. The minimum Gasteiger partial charge on any atom is -0.489 e. The minimum atomic E-state index is -0.427. The van der Waals surface area contributed by atoms with Crippen LogP contribution in [0, 0.1) is 0 Å². The molecule has 0 saturated carbocycles. The van der Waals surface area contributed by atoms with Crippen molar-refractivity contribution >= 4 is 22.7 Å². The zero-order chi connectivity index (χ0) is 17.7. The van der Waals surface area contributed by atoms with Crippen LogP contribution in [0.1, 0.15) is 39.7 Å². The maximum atomic E-state index is 11.6. The van der Waals surface area contributed by atoms with Crippen molar-refractivity contribution in [1.82, 2.24) is 0 Å². The van der Waals surface area contributed by atoms with E-state index in [9.17, 15) is 9.59 Å². The van der Waals surface area contributed by atoms with Gasteiger partial charge in [-0.2, -0.15) is 0 Å². The van der Waals surface area contributed by atoms with Crippen LogP contribution < -0.4 is 14.2 Å². The van der Waals surface area contributed by atoms with Gasteiger partial charge in [-0.25, -0.2) is 0 Å². The number of benzene rings is 2. The third kappa shape index (κ3) is 3.67. The molecule has 0 atom stereocenters. The summed E-state index contributed by atoms with van der Waals surface area (Å²) in [6, 6.07) is 7.35. The van der Waals surface area contributed by atoms with E-state index in [2.05, 4.69) is 0 Å². The van der Waals surface area contributed by atoms with Crippen LogP contribution in [0.3, 0.4) is 0 Å². The van der Waals surface area contributed by atoms with Gasteiger partial charge in [0, 0.05) is 30.2 Å². The van der Waals surface area contributed by atoms with E-state index < -0.39 is 11.9 Å². The minimum absolute atomic E-state index is 0.374. The Balaban J connectivity index is 2.88. The maximum Gasteiger partial charge on any atom is 0.308 e. The maximum absolute atomic E-state index is 11.6. The SMILES string of the molecule is CCCc1c(OCC)c(OC(C)=O)c2ccccc2c1OC(C)=O. The highest BCUT2D eigenvalue weighted by molar-refractivity contribution is 5.99. The van der Waals surface area contributed by atoms with Crippen LogP contribution in [-0.2, 0) is 16.0 Å². The van der Waals surface area contributed by atoms with Crippen molar-refractivity contribution in [3.05, 3.63) is 29.8 Å². The van der Waals surface area contributed by atoms with Crippen LogP contribution in [0.25, 0.3) is 10.8 Å². The topological polar surface area (TPSA) is 61.8 Å². The molecule has 24 heavy (non-hydrogen) atoms. The van der Waals surface area contributed by atoms with Crippen molar-refractivity contribution in [2.45, 2.75) is 40.5 Å². The highest BCUT2D eigenvalue weighted by Crippen LogP contribution is 2.46. The average Bonchev–Trinajstić information content (AvgIpc) is 2.53. The molecule has 2 aromatic carbocycles. The lowest BCUT2D eigenvalue weighted by Crippen LogP contribution is -2.10. The summed E-state index contributed by atoms with van der Waals surface area (Å²) in [5.41, 5.74) is 0.740. The Kier molecular flexibility index (Phi) is 5.79. The summed E-state index contributed by atoms with van der Waals surface area (Å²) in [4.78, 5) is 23.2. The number of rotatable bonds is 6. The fraction of sp³-hybridized carbons (Fsp3) is 0.368. The molecule has 2 rings (SSSR count). The lowest BCUT2D eigenvalue weighted by Gasteiger charge is -2.20. The highest BCUT2D eigenvalue weighted by atomic mass is 16.6. The number of hydrogen-bond donors (Lipinski definition) is 0. The Morgan fingerprint density at radius 3 is 1.92 bits per heavy atom. The van der Waals surface area contributed by atoms with Gasteiger partial charge < -0.3 is 14.2 Å². The molecule has 5 heteroatoms. The lowest BCUT2D eigenvalue weighted by molar-refractivity contribution is -0.133. The van der Waals surface area contributed by atoms with Crippen molar-refractivity contribution in [3.63, 3.8) is 0 Å². The van der Waals surface area contributed by atoms with Gasteiger partial charge in [-0.15, -0.1) is 0 Å². The van der Waals surface area contributed by atoms with Crippen LogP contribution in [-0.4, -0.2) is 18.5 Å². The molecule has 0 bridgehead atoms. The van der Waals surface area contributed by atoms with E-state index in [0.717, 1.165) is 17.4 Å². The number of fused-ring (bicyclic) bond motifs is 1. The zero-order valence-electron chi connectivity index (χ0n) is 14.5. The summed E-state index contributed by atoms with van der Waals surface area (Å²) in [5, 5.41) is 1.39. The summed E-state index contributed by atoms with van der Waals surface area (Å²) in [5.74, 6) is 0.479. The number of carbonyl (C=O) groups is 2. The fourth-order valence-corrected chi connectivity index (χ4v) is 2.68. The summed E-state index contributed by atoms with van der Waals surface area (Å²) < 4.78 is 16.7. The van der Waals surface area contributed by atoms with Crippen LogP contribution in [0.5, 0.6) is 17.2 Å². The Labute approximate surface area is 141 Å². The van der Waals surface area contributed by atoms with Gasteiger partial charge in [0.05, 0.1) is 6.61 Å². The molecule has 0 saturated heterocycles. The number of ether oxygens (including phenoxy) is 3. The standard InChI is InChI=1S/C19H22O5/c1-5-9-16-17(23-12(3)20)14-10-7-8-11-15(14)19(24-13(4)21)18(16)22-6-2/h7-8,10-11H,5-6,9H2,1-4H3. The highest BCUT2D eigenvalue weighted by Gasteiger charge is 2.24. The molecule has 5 nitrogen and oxygen atoms in total. The van der Waals surface area contributed by atoms with E-state index in [1.54, 1.807) is 0 Å². The average molecular weight is 330 g/mol. The van der Waals surface area contributed by atoms with Crippen LogP contribution in [0.4, 0.5) is 0 Å². The van der Waals surface area contributed by atoms with Crippen molar-refractivity contribution in [3.8, 4) is 17.2 Å². The molecule has 0 aliphatic carbocycles. The van der Waals surface area contributed by atoms with E-state index in [0.29, 0.717) is 35.7 Å².